The molecule has 1 N–H and O–H groups in total. The van der Waals surface area contributed by atoms with E-state index in [4.69, 9.17) is 12.8 Å². The fraction of sp³-hybridized carbons (Fsp3) is 0.500. The lowest BCUT2D eigenvalue weighted by molar-refractivity contribution is 0.422. The quantitative estimate of drug-likeness (QED) is 0.856. The van der Waals surface area contributed by atoms with Crippen LogP contribution in [0.5, 0.6) is 0 Å². The van der Waals surface area contributed by atoms with E-state index in [-0.39, 0.29) is 11.0 Å². The highest BCUT2D eigenvalue weighted by molar-refractivity contribution is 6.72. The van der Waals surface area contributed by atoms with Crippen LogP contribution < -0.4 is 5.46 Å². The van der Waals surface area contributed by atoms with Crippen LogP contribution in [0.3, 0.4) is 0 Å². The van der Waals surface area contributed by atoms with E-state index in [1.54, 1.807) is 0 Å². The fourth-order valence-corrected chi connectivity index (χ4v) is 3.64. The summed E-state index contributed by atoms with van der Waals surface area (Å²) in [6.45, 7) is 10.5. The molecule has 0 saturated carbocycles. The Hall–Kier alpha value is -1.33. The van der Waals surface area contributed by atoms with Crippen molar-refractivity contribution in [3.63, 3.8) is 0 Å². The molecule has 3 nitrogen and oxygen atoms in total. The van der Waals surface area contributed by atoms with Gasteiger partial charge in [-0.3, -0.25) is 0 Å². The molecule has 1 atom stereocenters. The van der Waals surface area contributed by atoms with Crippen LogP contribution in [-0.2, 0) is 7.05 Å². The van der Waals surface area contributed by atoms with Crippen molar-refractivity contribution in [1.29, 1.82) is 0 Å². The summed E-state index contributed by atoms with van der Waals surface area (Å²) >= 11 is 0. The molecule has 122 valence electrons. The normalized spacial score (nSPS) is 14.0. The van der Waals surface area contributed by atoms with Gasteiger partial charge in [-0.15, -0.1) is 0 Å². The average molecular weight is 326 g/mol. The van der Waals surface area contributed by atoms with Crippen LogP contribution >= 0.6 is 0 Å². The Morgan fingerprint density at radius 3 is 2.35 bits per heavy atom. The second-order valence-corrected chi connectivity index (χ2v) is 12.2. The van der Waals surface area contributed by atoms with Gasteiger partial charge in [0.1, 0.15) is 13.7 Å². The molecule has 2 radical (unpaired) electrons. The first-order valence-corrected chi connectivity index (χ1v) is 11.1. The second-order valence-electron chi connectivity index (χ2n) is 7.77. The summed E-state index contributed by atoms with van der Waals surface area (Å²) in [5.74, 6) is 1.35. The molecule has 0 bridgehead atoms. The molecule has 23 heavy (non-hydrogen) atoms. The molecular weight excluding hydrogens is 299 g/mol. The zero-order valence-corrected chi connectivity index (χ0v) is 16.1. The maximum atomic E-state index is 10.5. The van der Waals surface area contributed by atoms with Gasteiger partial charge in [-0.05, 0) is 24.6 Å². The van der Waals surface area contributed by atoms with E-state index in [9.17, 15) is 4.80 Å². The van der Waals surface area contributed by atoms with Crippen LogP contribution in [0.2, 0.25) is 18.1 Å². The van der Waals surface area contributed by atoms with E-state index >= 15 is 0 Å². The van der Waals surface area contributed by atoms with E-state index in [1.165, 1.54) is 0 Å². The Labute approximate surface area is 142 Å². The molecule has 0 saturated heterocycles. The van der Waals surface area contributed by atoms with Gasteiger partial charge in [0.05, 0.1) is 5.69 Å². The highest BCUT2D eigenvalue weighted by Gasteiger charge is 2.39. The van der Waals surface area contributed by atoms with E-state index in [1.807, 2.05) is 44.4 Å². The molecule has 2 aromatic rings. The van der Waals surface area contributed by atoms with Crippen molar-refractivity contribution in [1.82, 2.24) is 9.55 Å². The zero-order valence-electron chi connectivity index (χ0n) is 15.1. The monoisotopic (exact) mass is 326 g/mol. The first-order chi connectivity index (χ1) is 10.5. The Morgan fingerprint density at radius 1 is 1.26 bits per heavy atom. The molecule has 0 spiro atoms. The Kier molecular flexibility index (Phi) is 4.92. The smallest absolute Gasteiger partial charge is 0.188 e. The molecule has 0 aliphatic carbocycles. The molecule has 0 aliphatic rings. The lowest BCUT2D eigenvalue weighted by atomic mass is 9.95. The topological polar surface area (TPSA) is 38.0 Å². The fourth-order valence-electron chi connectivity index (χ4n) is 2.84. The SMILES string of the molecule is [B]c1ccc(-c2cn(C)c(C(C)CC(C)(C)[Si](C)(C)O)n2)cc1. The van der Waals surface area contributed by atoms with Gasteiger partial charge in [-0.2, -0.15) is 0 Å². The highest BCUT2D eigenvalue weighted by atomic mass is 28.4. The molecule has 0 aliphatic heterocycles. The van der Waals surface area contributed by atoms with Crippen molar-refractivity contribution in [3.05, 3.63) is 36.3 Å². The van der Waals surface area contributed by atoms with Crippen LogP contribution in [0.25, 0.3) is 11.3 Å². The van der Waals surface area contributed by atoms with Crippen LogP contribution in [0.1, 0.15) is 38.9 Å². The van der Waals surface area contributed by atoms with E-state index in [0.29, 0.717) is 0 Å². The van der Waals surface area contributed by atoms with Crippen LogP contribution in [0.15, 0.2) is 30.5 Å². The van der Waals surface area contributed by atoms with Gasteiger partial charge < -0.3 is 9.36 Å². The lowest BCUT2D eigenvalue weighted by Crippen LogP contribution is -2.39. The Bertz CT molecular complexity index is 671. The van der Waals surface area contributed by atoms with E-state index in [0.717, 1.165) is 29.0 Å². The summed E-state index contributed by atoms with van der Waals surface area (Å²) < 4.78 is 2.10. The van der Waals surface area contributed by atoms with E-state index < -0.39 is 8.32 Å². The largest absolute Gasteiger partial charge is 0.432 e. The Morgan fingerprint density at radius 2 is 1.83 bits per heavy atom. The number of benzene rings is 1. The predicted molar refractivity (Wildman–Crippen MR) is 101 cm³/mol. The number of hydrogen-bond acceptors (Lipinski definition) is 2. The number of imidazole rings is 1. The van der Waals surface area contributed by atoms with Crippen LogP contribution in [0, 0.1) is 0 Å². The van der Waals surface area contributed by atoms with Crippen molar-refractivity contribution in [2.45, 2.75) is 51.2 Å². The van der Waals surface area contributed by atoms with Gasteiger partial charge in [-0.25, -0.2) is 4.98 Å². The first-order valence-electron chi connectivity index (χ1n) is 8.13. The summed E-state index contributed by atoms with van der Waals surface area (Å²) in [4.78, 5) is 15.4. The van der Waals surface area contributed by atoms with Crippen molar-refractivity contribution in [2.75, 3.05) is 0 Å². The maximum Gasteiger partial charge on any atom is 0.188 e. The van der Waals surface area contributed by atoms with Gasteiger partial charge in [0.25, 0.3) is 0 Å². The number of hydrogen-bond donors (Lipinski definition) is 1. The van der Waals surface area contributed by atoms with Gasteiger partial charge in [0, 0.05) is 24.7 Å². The minimum Gasteiger partial charge on any atom is -0.432 e. The third-order valence-corrected chi connectivity index (χ3v) is 8.55. The van der Waals surface area contributed by atoms with Crippen LogP contribution in [-0.4, -0.2) is 30.5 Å². The third kappa shape index (κ3) is 3.96. The molecule has 0 amide bonds. The van der Waals surface area contributed by atoms with Crippen molar-refractivity contribution < 1.29 is 4.80 Å². The summed E-state index contributed by atoms with van der Waals surface area (Å²) in [5, 5.41) is -0.0558. The molecule has 1 unspecified atom stereocenters. The average Bonchev–Trinajstić information content (AvgIpc) is 2.80. The maximum absolute atomic E-state index is 10.5. The minimum atomic E-state index is -2.21. The number of aromatic nitrogens is 2. The molecule has 1 aromatic heterocycles. The summed E-state index contributed by atoms with van der Waals surface area (Å²) in [7, 11) is 5.58. The first kappa shape index (κ1) is 18.0. The standard InChI is InChI=1S/C18H27BN2OSi/c1-13(11-18(2,3)23(5,6)22)17-20-16(12-21(17)4)14-7-9-15(19)10-8-14/h7-10,12-13,22H,11H2,1-6H3. The zero-order chi connectivity index (χ0) is 17.4. The van der Waals surface area contributed by atoms with Crippen LogP contribution in [0.4, 0.5) is 0 Å². The van der Waals surface area contributed by atoms with Crippen molar-refractivity contribution >= 4 is 21.6 Å². The van der Waals surface area contributed by atoms with Crippen molar-refractivity contribution in [2.24, 2.45) is 7.05 Å². The minimum absolute atomic E-state index is 0.0558. The van der Waals surface area contributed by atoms with Gasteiger partial charge >= 0.3 is 0 Å². The molecule has 1 aromatic carbocycles. The van der Waals surface area contributed by atoms with Crippen molar-refractivity contribution in [3.8, 4) is 11.3 Å². The Balaban J connectivity index is 2.26. The van der Waals surface area contributed by atoms with Gasteiger partial charge in [-0.1, -0.05) is 50.5 Å². The molecule has 2 rings (SSSR count). The molecule has 0 fully saturated rings. The second kappa shape index (κ2) is 6.29. The number of rotatable bonds is 5. The summed E-state index contributed by atoms with van der Waals surface area (Å²) in [6, 6.07) is 7.80. The number of aryl methyl sites for hydroxylation is 1. The third-order valence-electron chi connectivity index (χ3n) is 5.03. The van der Waals surface area contributed by atoms with Gasteiger partial charge in [0.15, 0.2) is 8.32 Å². The molecule has 1 heterocycles. The predicted octanol–water partition coefficient (Wildman–Crippen LogP) is 3.35. The highest BCUT2D eigenvalue weighted by Crippen LogP contribution is 2.43. The van der Waals surface area contributed by atoms with E-state index in [2.05, 4.69) is 31.5 Å². The molecular formula is C18H27BN2OSi. The number of nitrogens with zero attached hydrogens (tertiary/aromatic N) is 2. The van der Waals surface area contributed by atoms with Gasteiger partial charge in [0.2, 0.25) is 0 Å². The lowest BCUT2D eigenvalue weighted by Gasteiger charge is -2.36. The molecule has 5 heteroatoms. The summed E-state index contributed by atoms with van der Waals surface area (Å²) in [6.07, 6.45) is 2.99. The summed E-state index contributed by atoms with van der Waals surface area (Å²) in [5.41, 5.74) is 2.80.